The minimum absolute atomic E-state index is 0.142. The van der Waals surface area contributed by atoms with E-state index < -0.39 is 12.1 Å². The van der Waals surface area contributed by atoms with E-state index in [0.29, 0.717) is 21.4 Å². The molecule has 2 aromatic rings. The van der Waals surface area contributed by atoms with Gasteiger partial charge < -0.3 is 9.84 Å². The Hall–Kier alpha value is -1.71. The molecule has 0 spiro atoms. The summed E-state index contributed by atoms with van der Waals surface area (Å²) in [5, 5.41) is 10.0. The number of benzene rings is 2. The SMILES string of the molecule is O=C(O)[C@@H](Cc1cccc(Cl)c1Cl)Oc1ccccc1. The average Bonchev–Trinajstić information content (AvgIpc) is 2.44. The van der Waals surface area contributed by atoms with Crippen molar-refractivity contribution in [2.75, 3.05) is 0 Å². The van der Waals surface area contributed by atoms with E-state index in [4.69, 9.17) is 27.9 Å². The summed E-state index contributed by atoms with van der Waals surface area (Å²) < 4.78 is 5.47. The van der Waals surface area contributed by atoms with Crippen molar-refractivity contribution in [3.63, 3.8) is 0 Å². The number of carboxylic acid groups (broad SMARTS) is 1. The van der Waals surface area contributed by atoms with E-state index in [1.54, 1.807) is 42.5 Å². The molecule has 2 aromatic carbocycles. The lowest BCUT2D eigenvalue weighted by atomic mass is 10.1. The van der Waals surface area contributed by atoms with Crippen molar-refractivity contribution in [2.45, 2.75) is 12.5 Å². The van der Waals surface area contributed by atoms with E-state index in [1.165, 1.54) is 0 Å². The van der Waals surface area contributed by atoms with Crippen LogP contribution >= 0.6 is 23.2 Å². The van der Waals surface area contributed by atoms with Crippen LogP contribution in [0.4, 0.5) is 0 Å². The second kappa shape index (κ2) is 6.64. The van der Waals surface area contributed by atoms with Gasteiger partial charge in [0.05, 0.1) is 10.0 Å². The Morgan fingerprint density at radius 1 is 1.10 bits per heavy atom. The minimum Gasteiger partial charge on any atom is -0.478 e. The molecule has 0 aliphatic rings. The number of aliphatic carboxylic acids is 1. The maximum absolute atomic E-state index is 11.3. The largest absolute Gasteiger partial charge is 0.478 e. The first-order valence-corrected chi connectivity index (χ1v) is 6.71. The molecule has 0 heterocycles. The quantitative estimate of drug-likeness (QED) is 0.905. The highest BCUT2D eigenvalue weighted by Crippen LogP contribution is 2.27. The molecule has 20 heavy (non-hydrogen) atoms. The van der Waals surface area contributed by atoms with Gasteiger partial charge >= 0.3 is 5.97 Å². The molecular formula is C15H12Cl2O3. The first kappa shape index (κ1) is 14.7. The summed E-state index contributed by atoms with van der Waals surface area (Å²) in [6.07, 6.45) is -0.878. The maximum atomic E-state index is 11.3. The molecule has 0 saturated carbocycles. The number of hydrogen-bond donors (Lipinski definition) is 1. The van der Waals surface area contributed by atoms with Crippen LogP contribution in [0.5, 0.6) is 5.75 Å². The van der Waals surface area contributed by atoms with Crippen molar-refractivity contribution in [3.8, 4) is 5.75 Å². The number of carboxylic acids is 1. The van der Waals surface area contributed by atoms with Gasteiger partial charge in [0.25, 0.3) is 0 Å². The minimum atomic E-state index is -1.05. The van der Waals surface area contributed by atoms with Gasteiger partial charge in [-0.3, -0.25) is 0 Å². The summed E-state index contributed by atoms with van der Waals surface area (Å²) in [6, 6.07) is 13.9. The third kappa shape index (κ3) is 3.65. The molecule has 0 aliphatic heterocycles. The van der Waals surface area contributed by atoms with Crippen molar-refractivity contribution < 1.29 is 14.6 Å². The summed E-state index contributed by atoms with van der Waals surface area (Å²) in [7, 11) is 0. The summed E-state index contributed by atoms with van der Waals surface area (Å²) >= 11 is 12.0. The molecular weight excluding hydrogens is 299 g/mol. The Kier molecular flexibility index (Phi) is 4.88. The highest BCUT2D eigenvalue weighted by Gasteiger charge is 2.21. The molecule has 0 aliphatic carbocycles. The molecule has 0 bridgehead atoms. The zero-order chi connectivity index (χ0) is 14.5. The van der Waals surface area contributed by atoms with Gasteiger partial charge in [-0.1, -0.05) is 53.5 Å². The lowest BCUT2D eigenvalue weighted by Gasteiger charge is -2.16. The molecule has 3 nitrogen and oxygen atoms in total. The van der Waals surface area contributed by atoms with Gasteiger partial charge in [0.15, 0.2) is 6.10 Å². The normalized spacial score (nSPS) is 11.9. The van der Waals surface area contributed by atoms with E-state index >= 15 is 0 Å². The molecule has 0 radical (unpaired) electrons. The standard InChI is InChI=1S/C15H12Cl2O3/c16-12-8-4-5-10(14(12)17)9-13(15(18)19)20-11-6-2-1-3-7-11/h1-8,13H,9H2,(H,18,19)/t13-/m1/s1. The summed E-state index contributed by atoms with van der Waals surface area (Å²) in [5.74, 6) is -0.553. The highest BCUT2D eigenvalue weighted by molar-refractivity contribution is 6.42. The Labute approximate surface area is 126 Å². The lowest BCUT2D eigenvalue weighted by molar-refractivity contribution is -0.145. The number of hydrogen-bond acceptors (Lipinski definition) is 2. The zero-order valence-corrected chi connectivity index (χ0v) is 11.9. The Morgan fingerprint density at radius 2 is 1.80 bits per heavy atom. The van der Waals surface area contributed by atoms with Gasteiger partial charge in [-0.15, -0.1) is 0 Å². The number of carbonyl (C=O) groups is 1. The van der Waals surface area contributed by atoms with Gasteiger partial charge in [-0.05, 0) is 23.8 Å². The Morgan fingerprint density at radius 3 is 2.45 bits per heavy atom. The van der Waals surface area contributed by atoms with Crippen LogP contribution < -0.4 is 4.74 Å². The molecule has 0 amide bonds. The fourth-order valence-corrected chi connectivity index (χ4v) is 2.15. The van der Waals surface area contributed by atoms with E-state index in [9.17, 15) is 9.90 Å². The maximum Gasteiger partial charge on any atom is 0.345 e. The van der Waals surface area contributed by atoms with Gasteiger partial charge in [-0.2, -0.15) is 0 Å². The Balaban J connectivity index is 2.18. The van der Waals surface area contributed by atoms with Crippen LogP contribution in [0.15, 0.2) is 48.5 Å². The molecule has 1 atom stereocenters. The van der Waals surface area contributed by atoms with Crippen molar-refractivity contribution in [3.05, 3.63) is 64.1 Å². The van der Waals surface area contributed by atoms with Gasteiger partial charge in [0.1, 0.15) is 5.75 Å². The molecule has 0 fully saturated rings. The van der Waals surface area contributed by atoms with Gasteiger partial charge in [0.2, 0.25) is 0 Å². The molecule has 5 heteroatoms. The fourth-order valence-electron chi connectivity index (χ4n) is 1.75. The third-order valence-corrected chi connectivity index (χ3v) is 3.59. The monoisotopic (exact) mass is 310 g/mol. The summed E-state index contributed by atoms with van der Waals surface area (Å²) in [4.78, 5) is 11.3. The molecule has 0 aromatic heterocycles. The smallest absolute Gasteiger partial charge is 0.345 e. The van der Waals surface area contributed by atoms with Crippen molar-refractivity contribution in [1.82, 2.24) is 0 Å². The van der Waals surface area contributed by atoms with Crippen LogP contribution in [0.1, 0.15) is 5.56 Å². The lowest BCUT2D eigenvalue weighted by Crippen LogP contribution is -2.29. The topological polar surface area (TPSA) is 46.5 Å². The van der Waals surface area contributed by atoms with Crippen LogP contribution in [-0.2, 0) is 11.2 Å². The Bertz CT molecular complexity index is 599. The van der Waals surface area contributed by atoms with Crippen molar-refractivity contribution in [2.24, 2.45) is 0 Å². The van der Waals surface area contributed by atoms with E-state index in [-0.39, 0.29) is 6.42 Å². The van der Waals surface area contributed by atoms with Crippen LogP contribution in [0, 0.1) is 0 Å². The van der Waals surface area contributed by atoms with Crippen molar-refractivity contribution >= 4 is 29.2 Å². The first-order chi connectivity index (χ1) is 9.58. The average molecular weight is 311 g/mol. The number of rotatable bonds is 5. The fraction of sp³-hybridized carbons (Fsp3) is 0.133. The van der Waals surface area contributed by atoms with E-state index in [0.717, 1.165) is 0 Å². The van der Waals surface area contributed by atoms with E-state index in [2.05, 4.69) is 0 Å². The molecule has 2 rings (SSSR count). The molecule has 0 saturated heterocycles. The van der Waals surface area contributed by atoms with E-state index in [1.807, 2.05) is 6.07 Å². The number of para-hydroxylation sites is 1. The predicted molar refractivity (Wildman–Crippen MR) is 78.7 cm³/mol. The van der Waals surface area contributed by atoms with Crippen molar-refractivity contribution in [1.29, 1.82) is 0 Å². The first-order valence-electron chi connectivity index (χ1n) is 5.95. The van der Waals surface area contributed by atoms with Crippen LogP contribution in [0.25, 0.3) is 0 Å². The van der Waals surface area contributed by atoms with Crippen LogP contribution in [-0.4, -0.2) is 17.2 Å². The highest BCUT2D eigenvalue weighted by atomic mass is 35.5. The zero-order valence-electron chi connectivity index (χ0n) is 10.4. The number of halogens is 2. The second-order valence-corrected chi connectivity index (χ2v) is 4.96. The summed E-state index contributed by atoms with van der Waals surface area (Å²) in [6.45, 7) is 0. The third-order valence-electron chi connectivity index (χ3n) is 2.73. The predicted octanol–water partition coefficient (Wildman–Crippen LogP) is 4.07. The van der Waals surface area contributed by atoms with Crippen LogP contribution in [0.3, 0.4) is 0 Å². The summed E-state index contributed by atoms with van der Waals surface area (Å²) in [5.41, 5.74) is 0.641. The molecule has 1 N–H and O–H groups in total. The molecule has 0 unspecified atom stereocenters. The number of ether oxygens (including phenoxy) is 1. The van der Waals surface area contributed by atoms with Gasteiger partial charge in [0, 0.05) is 6.42 Å². The van der Waals surface area contributed by atoms with Gasteiger partial charge in [-0.25, -0.2) is 4.79 Å². The van der Waals surface area contributed by atoms with Crippen LogP contribution in [0.2, 0.25) is 10.0 Å². The second-order valence-electron chi connectivity index (χ2n) is 4.17. The molecule has 104 valence electrons.